The summed E-state index contributed by atoms with van der Waals surface area (Å²) in [6.07, 6.45) is 0. The Labute approximate surface area is 151 Å². The number of hydrogen-bond donors (Lipinski definition) is 2. The van der Waals surface area contributed by atoms with E-state index in [4.69, 9.17) is 0 Å². The highest BCUT2D eigenvalue weighted by Gasteiger charge is 2.53. The minimum absolute atomic E-state index is 0.113. The van der Waals surface area contributed by atoms with E-state index >= 15 is 0 Å². The lowest BCUT2D eigenvalue weighted by atomic mass is 10.00. The standard InChI is InChI=1S/C18H21N3O3S/c1-10-9-25-18-14(17(24)21(18)15(10)11(2)22)20-16(23)13(19-3)12-7-5-4-6-8-12/h4-8,13-14,18-19H,9H2,1-3H3,(H,20,23)/t13-,14-,18-/m1/s1. The van der Waals surface area contributed by atoms with Gasteiger partial charge in [-0.15, -0.1) is 11.8 Å². The average Bonchev–Trinajstić information content (AvgIpc) is 2.60. The molecule has 1 fully saturated rings. The van der Waals surface area contributed by atoms with Crippen molar-refractivity contribution < 1.29 is 14.4 Å². The van der Waals surface area contributed by atoms with Gasteiger partial charge in [0.05, 0.1) is 5.70 Å². The lowest BCUT2D eigenvalue weighted by Gasteiger charge is -2.50. The van der Waals surface area contributed by atoms with E-state index < -0.39 is 12.1 Å². The van der Waals surface area contributed by atoms with Crippen molar-refractivity contribution in [3.63, 3.8) is 0 Å². The second-order valence-electron chi connectivity index (χ2n) is 6.21. The zero-order chi connectivity index (χ0) is 18.1. The van der Waals surface area contributed by atoms with Gasteiger partial charge in [-0.2, -0.15) is 0 Å². The van der Waals surface area contributed by atoms with Crippen molar-refractivity contribution in [1.82, 2.24) is 15.5 Å². The van der Waals surface area contributed by atoms with E-state index in [2.05, 4.69) is 10.6 Å². The molecule has 1 aromatic carbocycles. The SMILES string of the molecule is CN[C@@H](C(=O)N[C@@H]1C(=O)N2C(C(C)=O)=C(C)CS[C@H]12)c1ccccc1. The molecule has 2 amide bonds. The quantitative estimate of drug-likeness (QED) is 0.773. The van der Waals surface area contributed by atoms with E-state index in [0.29, 0.717) is 11.4 Å². The van der Waals surface area contributed by atoms with Crippen molar-refractivity contribution >= 4 is 29.4 Å². The Hall–Kier alpha value is -2.12. The van der Waals surface area contributed by atoms with Gasteiger partial charge in [0.1, 0.15) is 17.5 Å². The number of benzene rings is 1. The lowest BCUT2D eigenvalue weighted by molar-refractivity contribution is -0.147. The zero-order valence-electron chi connectivity index (χ0n) is 14.4. The van der Waals surface area contributed by atoms with Gasteiger partial charge in [0.25, 0.3) is 5.91 Å². The van der Waals surface area contributed by atoms with Crippen LogP contribution in [0.4, 0.5) is 0 Å². The van der Waals surface area contributed by atoms with Gasteiger partial charge in [0.15, 0.2) is 5.78 Å². The topological polar surface area (TPSA) is 78.5 Å². The predicted molar refractivity (Wildman–Crippen MR) is 96.6 cm³/mol. The Morgan fingerprint density at radius 1 is 1.28 bits per heavy atom. The number of ketones is 1. The molecule has 1 aromatic rings. The van der Waals surface area contributed by atoms with Gasteiger partial charge in [-0.25, -0.2) is 0 Å². The molecule has 0 bridgehead atoms. The summed E-state index contributed by atoms with van der Waals surface area (Å²) in [7, 11) is 1.71. The summed E-state index contributed by atoms with van der Waals surface area (Å²) in [6.45, 7) is 3.34. The van der Waals surface area contributed by atoms with E-state index in [9.17, 15) is 14.4 Å². The second kappa shape index (κ2) is 7.01. The number of allylic oxidation sites excluding steroid dienone is 1. The highest BCUT2D eigenvalue weighted by molar-refractivity contribution is 8.00. The predicted octanol–water partition coefficient (Wildman–Crippen LogP) is 1.21. The van der Waals surface area contributed by atoms with E-state index in [-0.39, 0.29) is 23.0 Å². The number of carbonyl (C=O) groups excluding carboxylic acids is 3. The zero-order valence-corrected chi connectivity index (χ0v) is 15.2. The first-order valence-electron chi connectivity index (χ1n) is 8.13. The van der Waals surface area contributed by atoms with Crippen LogP contribution >= 0.6 is 11.8 Å². The van der Waals surface area contributed by atoms with Crippen molar-refractivity contribution in [2.75, 3.05) is 12.8 Å². The van der Waals surface area contributed by atoms with Crippen LogP contribution in [0.2, 0.25) is 0 Å². The fourth-order valence-corrected chi connectivity index (χ4v) is 4.58. The number of Topliss-reactive ketones (excluding diaryl/α,β-unsaturated/α-hetero) is 1. The van der Waals surface area contributed by atoms with Crippen LogP contribution in [0.5, 0.6) is 0 Å². The molecule has 132 valence electrons. The van der Waals surface area contributed by atoms with Gasteiger partial charge in [-0.1, -0.05) is 30.3 Å². The molecule has 6 nitrogen and oxygen atoms in total. The first kappa shape index (κ1) is 17.7. The Kier molecular flexibility index (Phi) is 4.96. The maximum Gasteiger partial charge on any atom is 0.253 e. The highest BCUT2D eigenvalue weighted by atomic mass is 32.2. The van der Waals surface area contributed by atoms with Gasteiger partial charge in [0.2, 0.25) is 5.91 Å². The maximum atomic E-state index is 12.6. The molecular formula is C18H21N3O3S. The Bertz CT molecular complexity index is 747. The van der Waals surface area contributed by atoms with Crippen LogP contribution in [-0.2, 0) is 14.4 Å². The van der Waals surface area contributed by atoms with Crippen molar-refractivity contribution in [1.29, 1.82) is 0 Å². The van der Waals surface area contributed by atoms with Crippen LogP contribution in [0.15, 0.2) is 41.6 Å². The van der Waals surface area contributed by atoms with Crippen molar-refractivity contribution in [3.8, 4) is 0 Å². The third-order valence-corrected chi connectivity index (χ3v) is 5.90. The number of nitrogens with one attached hydrogen (secondary N) is 2. The molecule has 2 heterocycles. The van der Waals surface area contributed by atoms with Gasteiger partial charge < -0.3 is 10.6 Å². The first-order chi connectivity index (χ1) is 12.0. The third-order valence-electron chi connectivity index (χ3n) is 4.47. The van der Waals surface area contributed by atoms with E-state index in [0.717, 1.165) is 11.1 Å². The first-order valence-corrected chi connectivity index (χ1v) is 9.18. The third kappa shape index (κ3) is 3.09. The van der Waals surface area contributed by atoms with Gasteiger partial charge >= 0.3 is 0 Å². The fourth-order valence-electron chi connectivity index (χ4n) is 3.29. The van der Waals surface area contributed by atoms with Crippen LogP contribution in [0.25, 0.3) is 0 Å². The molecule has 2 aliphatic rings. The summed E-state index contributed by atoms with van der Waals surface area (Å²) >= 11 is 1.57. The van der Waals surface area contributed by atoms with E-state index in [1.807, 2.05) is 37.3 Å². The molecule has 1 saturated heterocycles. The van der Waals surface area contributed by atoms with E-state index in [1.54, 1.807) is 18.8 Å². The fraction of sp³-hybridized carbons (Fsp3) is 0.389. The second-order valence-corrected chi connectivity index (χ2v) is 7.32. The molecule has 0 spiro atoms. The Morgan fingerprint density at radius 3 is 2.56 bits per heavy atom. The summed E-state index contributed by atoms with van der Waals surface area (Å²) < 4.78 is 0. The molecule has 2 aliphatic heterocycles. The summed E-state index contributed by atoms with van der Waals surface area (Å²) in [5, 5.41) is 5.61. The summed E-state index contributed by atoms with van der Waals surface area (Å²) in [4.78, 5) is 38.6. The molecule has 25 heavy (non-hydrogen) atoms. The Morgan fingerprint density at radius 2 is 1.96 bits per heavy atom. The number of likely N-dealkylation sites (N-methyl/N-ethyl adjacent to an activating group) is 1. The number of hydrogen-bond acceptors (Lipinski definition) is 5. The summed E-state index contributed by atoms with van der Waals surface area (Å²) in [5.74, 6) is 0.100. The Balaban J connectivity index is 1.74. The van der Waals surface area contributed by atoms with Gasteiger partial charge in [-0.3, -0.25) is 19.3 Å². The molecular weight excluding hydrogens is 338 g/mol. The minimum atomic E-state index is -0.598. The number of thioether (sulfide) groups is 1. The highest BCUT2D eigenvalue weighted by Crippen LogP contribution is 2.40. The number of nitrogens with zero attached hydrogens (tertiary/aromatic N) is 1. The molecule has 0 aromatic heterocycles. The van der Waals surface area contributed by atoms with Gasteiger partial charge in [0, 0.05) is 12.7 Å². The van der Waals surface area contributed by atoms with E-state index in [1.165, 1.54) is 11.8 Å². The average molecular weight is 359 g/mol. The molecule has 0 saturated carbocycles. The van der Waals surface area contributed by atoms with Crippen LogP contribution in [0.1, 0.15) is 25.5 Å². The number of rotatable bonds is 5. The largest absolute Gasteiger partial charge is 0.340 e. The van der Waals surface area contributed by atoms with Gasteiger partial charge in [-0.05, 0) is 25.1 Å². The van der Waals surface area contributed by atoms with Crippen molar-refractivity contribution in [3.05, 3.63) is 47.2 Å². The molecule has 0 unspecified atom stereocenters. The molecule has 2 N–H and O–H groups in total. The van der Waals surface area contributed by atoms with Crippen LogP contribution in [0.3, 0.4) is 0 Å². The lowest BCUT2D eigenvalue weighted by Crippen LogP contribution is -2.70. The van der Waals surface area contributed by atoms with Crippen molar-refractivity contribution in [2.45, 2.75) is 31.3 Å². The molecule has 0 aliphatic carbocycles. The number of β-lactam (4-membered cyclic amide) rings is 1. The number of fused-ring (bicyclic) bond motifs is 1. The van der Waals surface area contributed by atoms with Crippen LogP contribution in [0, 0.1) is 0 Å². The summed E-state index contributed by atoms with van der Waals surface area (Å²) in [6, 6.07) is 8.23. The molecule has 7 heteroatoms. The monoisotopic (exact) mass is 359 g/mol. The van der Waals surface area contributed by atoms with Crippen LogP contribution in [-0.4, -0.2) is 46.7 Å². The summed E-state index contributed by atoms with van der Waals surface area (Å²) in [5.41, 5.74) is 2.22. The minimum Gasteiger partial charge on any atom is -0.340 e. The smallest absolute Gasteiger partial charge is 0.253 e. The molecule has 3 rings (SSSR count). The normalized spacial score (nSPS) is 23.6. The molecule has 3 atom stereocenters. The molecule has 0 radical (unpaired) electrons. The van der Waals surface area contributed by atoms with Crippen LogP contribution < -0.4 is 10.6 Å². The van der Waals surface area contributed by atoms with Crippen molar-refractivity contribution in [2.24, 2.45) is 0 Å². The maximum absolute atomic E-state index is 12.6. The number of carbonyl (C=O) groups is 3. The number of amides is 2.